The molecule has 5 nitrogen and oxygen atoms in total. The lowest BCUT2D eigenvalue weighted by Crippen LogP contribution is -2.30. The summed E-state index contributed by atoms with van der Waals surface area (Å²) in [6, 6.07) is 14.7. The molecule has 1 aromatic heterocycles. The highest BCUT2D eigenvalue weighted by Crippen LogP contribution is 2.33. The largest absolute Gasteiger partial charge is 0.482 e. The van der Waals surface area contributed by atoms with Gasteiger partial charge in [-0.15, -0.1) is 0 Å². The Labute approximate surface area is 171 Å². The zero-order valence-electron chi connectivity index (χ0n) is 14.2. The summed E-state index contributed by atoms with van der Waals surface area (Å²) in [5.74, 6) is 0.0439. The highest BCUT2D eigenvalue weighted by molar-refractivity contribution is 6.43. The van der Waals surface area contributed by atoms with Crippen molar-refractivity contribution in [3.8, 4) is 11.4 Å². The maximum Gasteiger partial charge on any atom is 0.257 e. The van der Waals surface area contributed by atoms with Crippen LogP contribution in [0.15, 0.2) is 54.7 Å². The van der Waals surface area contributed by atoms with Crippen LogP contribution in [0.4, 0.5) is 0 Å². The lowest BCUT2D eigenvalue weighted by molar-refractivity contribution is -0.123. The number of halogens is 3. The quantitative estimate of drug-likeness (QED) is 0.565. The Hall–Kier alpha value is -2.21. The highest BCUT2D eigenvalue weighted by Gasteiger charge is 2.10. The van der Waals surface area contributed by atoms with Gasteiger partial charge in [0.25, 0.3) is 5.91 Å². The summed E-state index contributed by atoms with van der Waals surface area (Å²) in [5.41, 5.74) is 1.87. The second-order valence-corrected chi connectivity index (χ2v) is 6.89. The number of carbonyl (C=O) groups is 1. The van der Waals surface area contributed by atoms with Crippen LogP contribution in [-0.4, -0.2) is 28.8 Å². The van der Waals surface area contributed by atoms with Gasteiger partial charge in [-0.25, -0.2) is 4.68 Å². The molecule has 1 N–H and O–H groups in total. The average Bonchev–Trinajstić information content (AvgIpc) is 3.13. The Balaban J connectivity index is 1.45. The van der Waals surface area contributed by atoms with Crippen LogP contribution >= 0.6 is 34.8 Å². The van der Waals surface area contributed by atoms with E-state index in [9.17, 15) is 4.79 Å². The summed E-state index contributed by atoms with van der Waals surface area (Å²) >= 11 is 17.8. The van der Waals surface area contributed by atoms with Gasteiger partial charge < -0.3 is 10.1 Å². The predicted molar refractivity (Wildman–Crippen MR) is 107 cm³/mol. The minimum absolute atomic E-state index is 0.170. The van der Waals surface area contributed by atoms with E-state index in [0.29, 0.717) is 33.8 Å². The van der Waals surface area contributed by atoms with E-state index in [4.69, 9.17) is 39.5 Å². The fourth-order valence-corrected chi connectivity index (χ4v) is 2.95. The van der Waals surface area contributed by atoms with Crippen molar-refractivity contribution in [2.75, 3.05) is 13.2 Å². The van der Waals surface area contributed by atoms with Crippen molar-refractivity contribution in [3.05, 3.63) is 75.5 Å². The first-order valence-corrected chi connectivity index (χ1v) is 9.30. The highest BCUT2D eigenvalue weighted by atomic mass is 35.5. The lowest BCUT2D eigenvalue weighted by atomic mass is 10.3. The van der Waals surface area contributed by atoms with Crippen LogP contribution in [0.5, 0.6) is 5.75 Å². The summed E-state index contributed by atoms with van der Waals surface area (Å²) < 4.78 is 7.19. The van der Waals surface area contributed by atoms with E-state index in [1.165, 1.54) is 12.1 Å². The molecule has 0 aliphatic rings. The molecule has 0 radical (unpaired) electrons. The number of carbonyl (C=O) groups excluding carboxylic acids is 1. The number of aromatic nitrogens is 2. The van der Waals surface area contributed by atoms with Crippen LogP contribution in [-0.2, 0) is 11.2 Å². The van der Waals surface area contributed by atoms with E-state index in [0.717, 1.165) is 11.4 Å². The van der Waals surface area contributed by atoms with E-state index in [1.807, 2.05) is 42.6 Å². The number of benzene rings is 2. The van der Waals surface area contributed by atoms with Gasteiger partial charge in [0.05, 0.1) is 26.4 Å². The summed E-state index contributed by atoms with van der Waals surface area (Å²) in [4.78, 5) is 11.9. The first kappa shape index (κ1) is 19.5. The zero-order chi connectivity index (χ0) is 19.2. The van der Waals surface area contributed by atoms with Gasteiger partial charge in [-0.2, -0.15) is 5.10 Å². The van der Waals surface area contributed by atoms with Gasteiger partial charge in [0.1, 0.15) is 5.75 Å². The van der Waals surface area contributed by atoms with E-state index in [-0.39, 0.29) is 12.5 Å². The van der Waals surface area contributed by atoms with Gasteiger partial charge >= 0.3 is 0 Å². The second kappa shape index (κ2) is 9.13. The molecular formula is C19H16Cl3N3O2. The van der Waals surface area contributed by atoms with Crippen molar-refractivity contribution in [2.24, 2.45) is 0 Å². The molecule has 0 saturated heterocycles. The van der Waals surface area contributed by atoms with Crippen LogP contribution < -0.4 is 10.1 Å². The SMILES string of the molecule is O=C(COc1cc(Cl)c(Cl)cc1Cl)NCCc1ccn(-c2ccccc2)n1. The van der Waals surface area contributed by atoms with Gasteiger partial charge in [0, 0.05) is 25.2 Å². The minimum Gasteiger partial charge on any atom is -0.482 e. The normalized spacial score (nSPS) is 10.6. The molecule has 2 aromatic carbocycles. The number of ether oxygens (including phenoxy) is 1. The Kier molecular flexibility index (Phi) is 6.61. The van der Waals surface area contributed by atoms with Crippen LogP contribution in [0.3, 0.4) is 0 Å². The number of hydrogen-bond acceptors (Lipinski definition) is 3. The molecule has 0 bridgehead atoms. The van der Waals surface area contributed by atoms with Gasteiger partial charge in [-0.05, 0) is 24.3 Å². The molecule has 1 amide bonds. The Morgan fingerprint density at radius 3 is 2.56 bits per heavy atom. The second-order valence-electron chi connectivity index (χ2n) is 5.67. The first-order valence-electron chi connectivity index (χ1n) is 8.17. The molecule has 0 aliphatic carbocycles. The van der Waals surface area contributed by atoms with Crippen molar-refractivity contribution in [3.63, 3.8) is 0 Å². The smallest absolute Gasteiger partial charge is 0.257 e. The number of para-hydroxylation sites is 1. The summed E-state index contributed by atoms with van der Waals surface area (Å²) in [7, 11) is 0. The van der Waals surface area contributed by atoms with Gasteiger partial charge in [0.2, 0.25) is 0 Å². The average molecular weight is 425 g/mol. The monoisotopic (exact) mass is 423 g/mol. The Morgan fingerprint density at radius 1 is 1.04 bits per heavy atom. The summed E-state index contributed by atoms with van der Waals surface area (Å²) in [6.07, 6.45) is 2.50. The summed E-state index contributed by atoms with van der Waals surface area (Å²) in [5, 5.41) is 8.20. The molecule has 1 heterocycles. The zero-order valence-corrected chi connectivity index (χ0v) is 16.4. The maximum absolute atomic E-state index is 11.9. The Morgan fingerprint density at radius 2 is 1.78 bits per heavy atom. The predicted octanol–water partition coefficient (Wildman–Crippen LogP) is 4.57. The van der Waals surface area contributed by atoms with Gasteiger partial charge in [0.15, 0.2) is 6.61 Å². The third kappa shape index (κ3) is 5.39. The van der Waals surface area contributed by atoms with Crippen molar-refractivity contribution in [2.45, 2.75) is 6.42 Å². The van der Waals surface area contributed by atoms with Crippen molar-refractivity contribution < 1.29 is 9.53 Å². The number of hydrogen-bond donors (Lipinski definition) is 1. The number of amides is 1. The molecule has 8 heteroatoms. The molecule has 3 aromatic rings. The van der Waals surface area contributed by atoms with Crippen molar-refractivity contribution in [1.82, 2.24) is 15.1 Å². The standard InChI is InChI=1S/C19H16Cl3N3O2/c20-15-10-17(22)18(11-16(15)21)27-12-19(26)23-8-6-13-7-9-25(24-13)14-4-2-1-3-5-14/h1-5,7,9-11H,6,8,12H2,(H,23,26). The fraction of sp³-hybridized carbons (Fsp3) is 0.158. The number of nitrogens with zero attached hydrogens (tertiary/aromatic N) is 2. The molecule has 0 fully saturated rings. The third-order valence-electron chi connectivity index (χ3n) is 3.70. The minimum atomic E-state index is -0.264. The van der Waals surface area contributed by atoms with E-state index in [1.54, 1.807) is 4.68 Å². The fourth-order valence-electron chi connectivity index (χ4n) is 2.36. The van der Waals surface area contributed by atoms with Crippen LogP contribution in [0, 0.1) is 0 Å². The third-order valence-corrected chi connectivity index (χ3v) is 4.72. The molecule has 140 valence electrons. The van der Waals surface area contributed by atoms with Crippen molar-refractivity contribution >= 4 is 40.7 Å². The molecule has 27 heavy (non-hydrogen) atoms. The van der Waals surface area contributed by atoms with E-state index < -0.39 is 0 Å². The van der Waals surface area contributed by atoms with E-state index >= 15 is 0 Å². The number of rotatable bonds is 7. The molecular weight excluding hydrogens is 409 g/mol. The molecule has 0 spiro atoms. The molecule has 3 rings (SSSR count). The first-order chi connectivity index (χ1) is 13.0. The molecule has 0 saturated carbocycles. The molecule has 0 unspecified atom stereocenters. The molecule has 0 aliphatic heterocycles. The number of nitrogens with one attached hydrogen (secondary N) is 1. The van der Waals surface area contributed by atoms with Crippen LogP contribution in [0.25, 0.3) is 5.69 Å². The Bertz CT molecular complexity index is 929. The van der Waals surface area contributed by atoms with Crippen molar-refractivity contribution in [1.29, 1.82) is 0 Å². The van der Waals surface area contributed by atoms with Crippen LogP contribution in [0.2, 0.25) is 15.1 Å². The summed E-state index contributed by atoms with van der Waals surface area (Å²) in [6.45, 7) is 0.277. The van der Waals surface area contributed by atoms with Gasteiger partial charge in [-0.1, -0.05) is 53.0 Å². The van der Waals surface area contributed by atoms with Gasteiger partial charge in [-0.3, -0.25) is 4.79 Å². The maximum atomic E-state index is 11.9. The molecule has 0 atom stereocenters. The lowest BCUT2D eigenvalue weighted by Gasteiger charge is -2.09. The topological polar surface area (TPSA) is 56.1 Å². The van der Waals surface area contributed by atoms with Crippen LogP contribution in [0.1, 0.15) is 5.69 Å². The van der Waals surface area contributed by atoms with E-state index in [2.05, 4.69) is 10.4 Å².